The van der Waals surface area contributed by atoms with Crippen LogP contribution in [-0.4, -0.2) is 9.97 Å². The van der Waals surface area contributed by atoms with Crippen molar-refractivity contribution in [1.29, 1.82) is 0 Å². The molecular weight excluding hydrogens is 386 g/mol. The second-order valence-corrected chi connectivity index (χ2v) is 8.30. The first-order valence-corrected chi connectivity index (χ1v) is 10.2. The van der Waals surface area contributed by atoms with Crippen molar-refractivity contribution < 1.29 is 0 Å². The molecule has 0 radical (unpaired) electrons. The quantitative estimate of drug-likeness (QED) is 0.451. The average Bonchev–Trinajstić information content (AvgIpc) is 3.27. The molecule has 4 aromatic rings. The van der Waals surface area contributed by atoms with Gasteiger partial charge >= 0.3 is 0 Å². The predicted molar refractivity (Wildman–Crippen MR) is 112 cm³/mol. The summed E-state index contributed by atoms with van der Waals surface area (Å²) in [6.07, 6.45) is 0. The van der Waals surface area contributed by atoms with Gasteiger partial charge in [-0.2, -0.15) is 0 Å². The first-order chi connectivity index (χ1) is 12.5. The molecule has 4 nitrogen and oxygen atoms in total. The normalized spacial score (nSPS) is 12.4. The Bertz CT molecular complexity index is 1130. The van der Waals surface area contributed by atoms with Crippen molar-refractivity contribution in [2.75, 3.05) is 5.32 Å². The van der Waals surface area contributed by atoms with Gasteiger partial charge in [0.1, 0.15) is 10.7 Å². The molecule has 2 N–H and O–H groups in total. The fourth-order valence-electron chi connectivity index (χ4n) is 2.78. The molecule has 0 bridgehead atoms. The number of benzene rings is 1. The van der Waals surface area contributed by atoms with Crippen LogP contribution in [0.5, 0.6) is 0 Å². The summed E-state index contributed by atoms with van der Waals surface area (Å²) in [5, 5.41) is 8.72. The maximum Gasteiger partial charge on any atom is 0.260 e. The van der Waals surface area contributed by atoms with Gasteiger partial charge in [0.25, 0.3) is 5.56 Å². The molecule has 26 heavy (non-hydrogen) atoms. The highest BCUT2D eigenvalue weighted by molar-refractivity contribution is 7.18. The van der Waals surface area contributed by atoms with Crippen LogP contribution < -0.4 is 10.9 Å². The molecule has 0 unspecified atom stereocenters. The summed E-state index contributed by atoms with van der Waals surface area (Å²) in [4.78, 5) is 22.1. The van der Waals surface area contributed by atoms with Crippen LogP contribution >= 0.6 is 34.3 Å². The molecule has 4 rings (SSSR count). The zero-order chi connectivity index (χ0) is 18.3. The number of hydrogen-bond donors (Lipinski definition) is 2. The molecule has 3 heterocycles. The molecule has 0 fully saturated rings. The van der Waals surface area contributed by atoms with E-state index in [2.05, 4.69) is 15.3 Å². The summed E-state index contributed by atoms with van der Waals surface area (Å²) in [5.41, 5.74) is 2.76. The molecule has 0 aliphatic rings. The number of anilines is 1. The van der Waals surface area contributed by atoms with Gasteiger partial charge in [-0.15, -0.1) is 22.7 Å². The van der Waals surface area contributed by atoms with E-state index in [1.807, 2.05) is 54.9 Å². The number of nitrogens with zero attached hydrogens (tertiary/aromatic N) is 1. The van der Waals surface area contributed by atoms with Crippen LogP contribution in [0.4, 0.5) is 5.69 Å². The number of H-pyrrole nitrogens is 1. The van der Waals surface area contributed by atoms with Crippen LogP contribution in [0.25, 0.3) is 20.7 Å². The number of aromatic nitrogens is 2. The third-order valence-electron chi connectivity index (χ3n) is 4.21. The summed E-state index contributed by atoms with van der Waals surface area (Å²) < 4.78 is 0. The maximum atomic E-state index is 12.7. The molecular formula is C19H16ClN3OS2. The van der Waals surface area contributed by atoms with E-state index in [0.717, 1.165) is 26.5 Å². The van der Waals surface area contributed by atoms with E-state index in [-0.39, 0.29) is 11.6 Å². The minimum absolute atomic E-state index is 0.106. The standard InChI is InChI=1S/C19H16ClN3OS2/c1-10-5-6-12(8-14(10)20)21-11(2)17-22-18(24)16-13(9-26-19(16)23-17)15-4-3-7-25-15/h3-9,11,21H,1-2H3,(H,22,23,24)/t11-/m1/s1. The smallest absolute Gasteiger partial charge is 0.260 e. The fourth-order valence-corrected chi connectivity index (χ4v) is 4.73. The van der Waals surface area contributed by atoms with Gasteiger partial charge in [-0.25, -0.2) is 4.98 Å². The molecule has 0 aliphatic carbocycles. The third-order valence-corrected chi connectivity index (χ3v) is 6.40. The SMILES string of the molecule is Cc1ccc(N[C@H](C)c2nc3scc(-c4cccs4)c3c(=O)[nH]2)cc1Cl. The molecule has 0 spiro atoms. The fraction of sp³-hybridized carbons (Fsp3) is 0.158. The van der Waals surface area contributed by atoms with Crippen molar-refractivity contribution in [2.24, 2.45) is 0 Å². The molecule has 1 atom stereocenters. The van der Waals surface area contributed by atoms with Crippen molar-refractivity contribution in [2.45, 2.75) is 19.9 Å². The lowest BCUT2D eigenvalue weighted by Gasteiger charge is -2.15. The lowest BCUT2D eigenvalue weighted by Crippen LogP contribution is -2.17. The summed E-state index contributed by atoms with van der Waals surface area (Å²) in [6, 6.07) is 9.66. The van der Waals surface area contributed by atoms with Crippen LogP contribution in [0.3, 0.4) is 0 Å². The Balaban J connectivity index is 1.69. The summed E-state index contributed by atoms with van der Waals surface area (Å²) in [6.45, 7) is 3.93. The first kappa shape index (κ1) is 17.3. The number of thiophene rings is 2. The van der Waals surface area contributed by atoms with Crippen LogP contribution in [0, 0.1) is 6.92 Å². The lowest BCUT2D eigenvalue weighted by atomic mass is 10.2. The average molecular weight is 402 g/mol. The van der Waals surface area contributed by atoms with Crippen molar-refractivity contribution >= 4 is 50.2 Å². The summed E-state index contributed by atoms with van der Waals surface area (Å²) in [7, 11) is 0. The molecule has 0 saturated carbocycles. The largest absolute Gasteiger partial charge is 0.375 e. The number of aromatic amines is 1. The monoisotopic (exact) mass is 401 g/mol. The molecule has 1 aromatic carbocycles. The number of fused-ring (bicyclic) bond motifs is 1. The van der Waals surface area contributed by atoms with E-state index in [1.54, 1.807) is 11.3 Å². The topological polar surface area (TPSA) is 57.8 Å². The highest BCUT2D eigenvalue weighted by atomic mass is 35.5. The highest BCUT2D eigenvalue weighted by Crippen LogP contribution is 2.34. The highest BCUT2D eigenvalue weighted by Gasteiger charge is 2.16. The van der Waals surface area contributed by atoms with Crippen LogP contribution in [0.15, 0.2) is 45.9 Å². The van der Waals surface area contributed by atoms with E-state index in [4.69, 9.17) is 11.6 Å². The Kier molecular flexibility index (Phi) is 4.56. The van der Waals surface area contributed by atoms with E-state index in [9.17, 15) is 4.79 Å². The van der Waals surface area contributed by atoms with Gasteiger partial charge in [-0.05, 0) is 43.0 Å². The van der Waals surface area contributed by atoms with Crippen LogP contribution in [0.2, 0.25) is 5.02 Å². The van der Waals surface area contributed by atoms with Crippen molar-refractivity contribution in [3.8, 4) is 10.4 Å². The second kappa shape index (κ2) is 6.87. The summed E-state index contributed by atoms with van der Waals surface area (Å²) >= 11 is 9.30. The number of halogens is 1. The Morgan fingerprint density at radius 1 is 1.27 bits per heavy atom. The maximum absolute atomic E-state index is 12.7. The van der Waals surface area contributed by atoms with Crippen molar-refractivity contribution in [3.05, 3.63) is 67.9 Å². The Morgan fingerprint density at radius 3 is 2.85 bits per heavy atom. The van der Waals surface area contributed by atoms with Gasteiger partial charge in [0.15, 0.2) is 0 Å². The molecule has 0 aliphatic heterocycles. The lowest BCUT2D eigenvalue weighted by molar-refractivity contribution is 0.793. The van der Waals surface area contributed by atoms with E-state index in [1.165, 1.54) is 11.3 Å². The Hall–Kier alpha value is -2.15. The number of nitrogens with one attached hydrogen (secondary N) is 2. The molecule has 132 valence electrons. The second-order valence-electron chi connectivity index (χ2n) is 6.09. The third kappa shape index (κ3) is 3.16. The van der Waals surface area contributed by atoms with Gasteiger partial charge in [-0.1, -0.05) is 23.7 Å². The molecule has 0 saturated heterocycles. The van der Waals surface area contributed by atoms with Crippen molar-refractivity contribution in [1.82, 2.24) is 9.97 Å². The predicted octanol–water partition coefficient (Wildman–Crippen LogP) is 5.85. The van der Waals surface area contributed by atoms with Gasteiger partial charge < -0.3 is 10.3 Å². The van der Waals surface area contributed by atoms with E-state index in [0.29, 0.717) is 16.2 Å². The summed E-state index contributed by atoms with van der Waals surface area (Å²) in [5.74, 6) is 0.610. The number of aryl methyl sites for hydroxylation is 1. The number of hydrogen-bond acceptors (Lipinski definition) is 5. The van der Waals surface area contributed by atoms with Gasteiger partial charge in [0.05, 0.1) is 11.4 Å². The molecule has 3 aromatic heterocycles. The van der Waals surface area contributed by atoms with Crippen LogP contribution in [0.1, 0.15) is 24.4 Å². The van der Waals surface area contributed by atoms with Gasteiger partial charge in [-0.3, -0.25) is 4.79 Å². The van der Waals surface area contributed by atoms with Crippen LogP contribution in [-0.2, 0) is 0 Å². The van der Waals surface area contributed by atoms with E-state index < -0.39 is 0 Å². The zero-order valence-corrected chi connectivity index (χ0v) is 16.6. The first-order valence-electron chi connectivity index (χ1n) is 8.11. The number of rotatable bonds is 4. The minimum Gasteiger partial charge on any atom is -0.375 e. The zero-order valence-electron chi connectivity index (χ0n) is 14.2. The van der Waals surface area contributed by atoms with Gasteiger partial charge in [0, 0.05) is 26.5 Å². The van der Waals surface area contributed by atoms with E-state index >= 15 is 0 Å². The van der Waals surface area contributed by atoms with Gasteiger partial charge in [0.2, 0.25) is 0 Å². The Labute approximate surface area is 163 Å². The molecule has 0 amide bonds. The minimum atomic E-state index is -0.154. The molecule has 7 heteroatoms. The Morgan fingerprint density at radius 2 is 2.12 bits per heavy atom. The van der Waals surface area contributed by atoms with Crippen molar-refractivity contribution in [3.63, 3.8) is 0 Å².